The van der Waals surface area contributed by atoms with Crippen LogP contribution in [0.4, 0.5) is 5.82 Å². The van der Waals surface area contributed by atoms with E-state index >= 15 is 0 Å². The van der Waals surface area contributed by atoms with Gasteiger partial charge in [-0.2, -0.15) is 0 Å². The molecule has 0 spiro atoms. The summed E-state index contributed by atoms with van der Waals surface area (Å²) < 4.78 is 0. The van der Waals surface area contributed by atoms with E-state index in [9.17, 15) is 4.79 Å². The zero-order valence-electron chi connectivity index (χ0n) is 13.4. The van der Waals surface area contributed by atoms with Crippen molar-refractivity contribution in [2.24, 2.45) is 0 Å². The maximum absolute atomic E-state index is 12.4. The number of carbonyl (C=O) groups excluding carboxylic acids is 1. The standard InChI is InChI=1S/C16H27N3O/c1-6-7-8-9-19(5)15(20)12-10-13(16(2,3)4)18-14(17)11-12/h10-11H,6-9H2,1-5H3,(H2,17,18). The summed E-state index contributed by atoms with van der Waals surface area (Å²) in [6, 6.07) is 3.52. The van der Waals surface area contributed by atoms with Crippen molar-refractivity contribution in [2.45, 2.75) is 52.4 Å². The van der Waals surface area contributed by atoms with Crippen molar-refractivity contribution < 1.29 is 4.79 Å². The van der Waals surface area contributed by atoms with Crippen molar-refractivity contribution in [1.82, 2.24) is 9.88 Å². The molecule has 0 radical (unpaired) electrons. The molecule has 1 amide bonds. The van der Waals surface area contributed by atoms with Crippen molar-refractivity contribution in [3.8, 4) is 0 Å². The summed E-state index contributed by atoms with van der Waals surface area (Å²) in [7, 11) is 1.84. The average molecular weight is 277 g/mol. The highest BCUT2D eigenvalue weighted by Gasteiger charge is 2.20. The van der Waals surface area contributed by atoms with Gasteiger partial charge in [-0.05, 0) is 18.6 Å². The van der Waals surface area contributed by atoms with Crippen LogP contribution in [-0.4, -0.2) is 29.4 Å². The zero-order chi connectivity index (χ0) is 15.3. The second kappa shape index (κ2) is 6.73. The molecule has 0 aliphatic rings. The van der Waals surface area contributed by atoms with Crippen LogP contribution < -0.4 is 5.73 Å². The summed E-state index contributed by atoms with van der Waals surface area (Å²) >= 11 is 0. The predicted octanol–water partition coefficient (Wildman–Crippen LogP) is 3.22. The molecule has 1 aromatic rings. The van der Waals surface area contributed by atoms with E-state index in [4.69, 9.17) is 5.73 Å². The Morgan fingerprint density at radius 1 is 1.30 bits per heavy atom. The van der Waals surface area contributed by atoms with Crippen LogP contribution in [-0.2, 0) is 5.41 Å². The molecular formula is C16H27N3O. The fraction of sp³-hybridized carbons (Fsp3) is 0.625. The third kappa shape index (κ3) is 4.51. The SMILES string of the molecule is CCCCCN(C)C(=O)c1cc(N)nc(C(C)(C)C)c1. The number of nitrogen functional groups attached to an aromatic ring is 1. The maximum atomic E-state index is 12.4. The molecule has 112 valence electrons. The normalized spacial score (nSPS) is 11.4. The summed E-state index contributed by atoms with van der Waals surface area (Å²) in [5.74, 6) is 0.420. The van der Waals surface area contributed by atoms with E-state index in [0.29, 0.717) is 11.4 Å². The van der Waals surface area contributed by atoms with Crippen molar-refractivity contribution >= 4 is 11.7 Å². The average Bonchev–Trinajstić information content (AvgIpc) is 2.36. The van der Waals surface area contributed by atoms with E-state index in [1.54, 1.807) is 11.0 Å². The highest BCUT2D eigenvalue weighted by atomic mass is 16.2. The van der Waals surface area contributed by atoms with Gasteiger partial charge in [0.1, 0.15) is 5.82 Å². The Labute approximate surface area is 122 Å². The van der Waals surface area contributed by atoms with Crippen LogP contribution in [0.5, 0.6) is 0 Å². The molecule has 20 heavy (non-hydrogen) atoms. The molecule has 1 rings (SSSR count). The van der Waals surface area contributed by atoms with Gasteiger partial charge in [0, 0.05) is 30.3 Å². The third-order valence-electron chi connectivity index (χ3n) is 3.30. The highest BCUT2D eigenvalue weighted by Crippen LogP contribution is 2.23. The van der Waals surface area contributed by atoms with Crippen molar-refractivity contribution in [1.29, 1.82) is 0 Å². The number of aromatic nitrogens is 1. The van der Waals surface area contributed by atoms with Crippen molar-refractivity contribution in [2.75, 3.05) is 19.3 Å². The highest BCUT2D eigenvalue weighted by molar-refractivity contribution is 5.94. The zero-order valence-corrected chi connectivity index (χ0v) is 13.4. The van der Waals surface area contributed by atoms with Crippen LogP contribution in [0.3, 0.4) is 0 Å². The minimum absolute atomic E-state index is 0.0145. The van der Waals surface area contributed by atoms with Crippen molar-refractivity contribution in [3.05, 3.63) is 23.4 Å². The number of nitrogens with two attached hydrogens (primary N) is 1. The lowest BCUT2D eigenvalue weighted by molar-refractivity contribution is 0.0792. The lowest BCUT2D eigenvalue weighted by Gasteiger charge is -2.21. The first-order chi connectivity index (χ1) is 9.25. The first-order valence-electron chi connectivity index (χ1n) is 7.29. The molecule has 2 N–H and O–H groups in total. The van der Waals surface area contributed by atoms with Crippen LogP contribution in [0.25, 0.3) is 0 Å². The number of carbonyl (C=O) groups is 1. The van der Waals surface area contributed by atoms with Crippen LogP contribution >= 0.6 is 0 Å². The Hall–Kier alpha value is -1.58. The van der Waals surface area contributed by atoms with Crippen LogP contribution in [0, 0.1) is 0 Å². The van der Waals surface area contributed by atoms with Gasteiger partial charge in [0.05, 0.1) is 0 Å². The number of anilines is 1. The smallest absolute Gasteiger partial charge is 0.253 e. The van der Waals surface area contributed by atoms with Gasteiger partial charge in [0.2, 0.25) is 0 Å². The molecule has 0 aliphatic heterocycles. The third-order valence-corrected chi connectivity index (χ3v) is 3.30. The summed E-state index contributed by atoms with van der Waals surface area (Å²) in [5, 5.41) is 0. The molecule has 0 aromatic carbocycles. The second-order valence-electron chi connectivity index (χ2n) is 6.35. The Balaban J connectivity index is 2.90. The molecule has 4 nitrogen and oxygen atoms in total. The van der Waals surface area contributed by atoms with Crippen molar-refractivity contribution in [3.63, 3.8) is 0 Å². The number of amides is 1. The number of hydrogen-bond donors (Lipinski definition) is 1. The Morgan fingerprint density at radius 3 is 2.50 bits per heavy atom. The van der Waals surface area contributed by atoms with Crippen LogP contribution in [0.2, 0.25) is 0 Å². The topological polar surface area (TPSA) is 59.2 Å². The minimum Gasteiger partial charge on any atom is -0.384 e. The Bertz CT molecular complexity index is 463. The fourth-order valence-electron chi connectivity index (χ4n) is 1.98. The minimum atomic E-state index is -0.120. The van der Waals surface area contributed by atoms with Gasteiger partial charge in [-0.1, -0.05) is 40.5 Å². The van der Waals surface area contributed by atoms with Gasteiger partial charge >= 0.3 is 0 Å². The molecule has 1 aromatic heterocycles. The first kappa shape index (κ1) is 16.5. The molecular weight excluding hydrogens is 250 g/mol. The van der Waals surface area contributed by atoms with Crippen LogP contribution in [0.1, 0.15) is 63.0 Å². The second-order valence-corrected chi connectivity index (χ2v) is 6.35. The van der Waals surface area contributed by atoms with Crippen LogP contribution in [0.15, 0.2) is 12.1 Å². The lowest BCUT2D eigenvalue weighted by Crippen LogP contribution is -2.28. The largest absolute Gasteiger partial charge is 0.384 e. The predicted molar refractivity (Wildman–Crippen MR) is 83.8 cm³/mol. The quantitative estimate of drug-likeness (QED) is 0.841. The number of pyridine rings is 1. The van der Waals surface area contributed by atoms with E-state index in [1.165, 1.54) is 0 Å². The summed E-state index contributed by atoms with van der Waals surface area (Å²) in [6.07, 6.45) is 3.33. The lowest BCUT2D eigenvalue weighted by atomic mass is 9.90. The Kier molecular flexibility index (Phi) is 5.54. The molecule has 1 heterocycles. The molecule has 0 aliphatic carbocycles. The molecule has 0 fully saturated rings. The Morgan fingerprint density at radius 2 is 1.95 bits per heavy atom. The summed E-state index contributed by atoms with van der Waals surface area (Å²) in [4.78, 5) is 18.5. The van der Waals surface area contributed by atoms with Gasteiger partial charge in [-0.3, -0.25) is 4.79 Å². The van der Waals surface area contributed by atoms with E-state index in [0.717, 1.165) is 31.5 Å². The van der Waals surface area contributed by atoms with Gasteiger partial charge < -0.3 is 10.6 Å². The number of nitrogens with zero attached hydrogens (tertiary/aromatic N) is 2. The van der Waals surface area contributed by atoms with Gasteiger partial charge in [0.15, 0.2) is 0 Å². The number of unbranched alkanes of at least 4 members (excludes halogenated alkanes) is 2. The summed E-state index contributed by atoms with van der Waals surface area (Å²) in [5.41, 5.74) is 7.19. The maximum Gasteiger partial charge on any atom is 0.253 e. The van der Waals surface area contributed by atoms with Gasteiger partial charge in [-0.25, -0.2) is 4.98 Å². The number of hydrogen-bond acceptors (Lipinski definition) is 3. The fourth-order valence-corrected chi connectivity index (χ4v) is 1.98. The summed E-state index contributed by atoms with van der Waals surface area (Å²) in [6.45, 7) is 9.12. The van der Waals surface area contributed by atoms with E-state index < -0.39 is 0 Å². The molecule has 4 heteroatoms. The molecule has 0 atom stereocenters. The van der Waals surface area contributed by atoms with Gasteiger partial charge in [-0.15, -0.1) is 0 Å². The number of rotatable bonds is 5. The molecule has 0 unspecified atom stereocenters. The van der Waals surface area contributed by atoms with E-state index in [1.807, 2.05) is 13.1 Å². The molecule has 0 saturated heterocycles. The first-order valence-corrected chi connectivity index (χ1v) is 7.29. The van der Waals surface area contributed by atoms with Gasteiger partial charge in [0.25, 0.3) is 5.91 Å². The molecule has 0 bridgehead atoms. The molecule has 0 saturated carbocycles. The van der Waals surface area contributed by atoms with E-state index in [2.05, 4.69) is 32.7 Å². The van der Waals surface area contributed by atoms with E-state index in [-0.39, 0.29) is 11.3 Å². The monoisotopic (exact) mass is 277 g/mol.